The number of hydrogen-bond acceptors (Lipinski definition) is 20. The molecule has 38 heteroatoms. The van der Waals surface area contributed by atoms with Gasteiger partial charge in [-0.3, -0.25) is 81.5 Å². The van der Waals surface area contributed by atoms with Gasteiger partial charge in [-0.05, 0) is 43.4 Å². The number of nitrogens with zero attached hydrogens (tertiary/aromatic N) is 1. The number of primary amides is 3. The van der Waals surface area contributed by atoms with Crippen LogP contribution < -0.4 is 76.1 Å². The fraction of sp³-hybridized carbons (Fsp3) is 0.654. The van der Waals surface area contributed by atoms with Gasteiger partial charge in [0, 0.05) is 25.1 Å². The highest BCUT2D eigenvalue weighted by molar-refractivity contribution is 7.80. The second-order valence-electron chi connectivity index (χ2n) is 21.7. The largest absolute Gasteiger partial charge is 0.481 e. The highest BCUT2D eigenvalue weighted by Gasteiger charge is 2.43. The number of carbonyl (C=O) groups excluding carboxylic acids is 14. The molecule has 504 valence electrons. The van der Waals surface area contributed by atoms with E-state index in [9.17, 15) is 96.5 Å². The minimum atomic E-state index is -2.03. The fourth-order valence-corrected chi connectivity index (χ4v) is 8.98. The van der Waals surface area contributed by atoms with Crippen molar-refractivity contribution in [3.63, 3.8) is 0 Å². The lowest BCUT2D eigenvalue weighted by Crippen LogP contribution is -2.62. The summed E-state index contributed by atoms with van der Waals surface area (Å²) < 4.78 is 0. The Hall–Kier alpha value is -9.23. The molecule has 0 aromatic carbocycles. The molecule has 0 bridgehead atoms. The lowest BCUT2D eigenvalue weighted by Gasteiger charge is -2.33. The van der Waals surface area contributed by atoms with Crippen molar-refractivity contribution < 1.29 is 107 Å². The van der Waals surface area contributed by atoms with Crippen molar-refractivity contribution in [2.24, 2.45) is 40.7 Å². The number of nitrogens with one attached hydrogen (secondary N) is 10. The summed E-state index contributed by atoms with van der Waals surface area (Å²) in [5.74, 6) is -24.7. The van der Waals surface area contributed by atoms with Gasteiger partial charge in [0.05, 0.1) is 32.2 Å². The van der Waals surface area contributed by atoms with E-state index < -0.39 is 254 Å². The number of carboxylic acid groups (broad SMARTS) is 4. The number of likely N-dealkylation sites (tertiary alicyclic amines) is 1. The maximum absolute atomic E-state index is 14.5. The van der Waals surface area contributed by atoms with E-state index in [0.29, 0.717) is 0 Å². The standard InChI is InChI=1S/C52H83N15O22S/c1-7-23(6)41(66-46(82)27(16-34(56)70)60-47(83)30(20-90)63-43(79)25(10-12-32(54)68)58-42(78)24(11-13-36(72)73)57-35(71)19-53)50(86)65-40(22(4)5)51(87)67-14-8-9-31(67)48(84)61-28(17-37(74)75)44(80)59-26(15-33(55)69)45(81)64-39(21(2)3)49(85)62-29(52(88)89)18-38(76)77/h21-31,39-41,90H,7-20,53H2,1-6H3,(H2,54,68)(H2,55,69)(H2,56,70)(H,57,71)(H,58,78)(H,59,80)(H,60,83)(H,61,84)(H,62,85)(H,63,79)(H,64,81)(H,65,86)(H,66,82)(H,72,73)(H,74,75)(H,76,77)(H,88,89)/t23-,24-,25-,26-,27-,28-,29-,30-,31-,39-,40-,41-/m0/s1. The monoisotopic (exact) mass is 1300 g/mol. The van der Waals surface area contributed by atoms with E-state index in [-0.39, 0.29) is 25.8 Å². The van der Waals surface area contributed by atoms with Crippen LogP contribution in [-0.2, 0) is 86.3 Å². The molecule has 12 atom stereocenters. The summed E-state index contributed by atoms with van der Waals surface area (Å²) in [5.41, 5.74) is 21.4. The minimum Gasteiger partial charge on any atom is -0.481 e. The minimum absolute atomic E-state index is 0.0753. The number of carboxylic acids is 4. The Morgan fingerprint density at radius 2 is 0.867 bits per heavy atom. The zero-order chi connectivity index (χ0) is 69.0. The topological polar surface area (TPSA) is 616 Å². The van der Waals surface area contributed by atoms with Crippen LogP contribution in [0.1, 0.15) is 112 Å². The van der Waals surface area contributed by atoms with Crippen molar-refractivity contribution in [3.05, 3.63) is 0 Å². The molecular weight excluding hydrogens is 1220 g/mol. The summed E-state index contributed by atoms with van der Waals surface area (Å²) in [6, 6.07) is -18.7. The third-order valence-corrected chi connectivity index (χ3v) is 14.2. The van der Waals surface area contributed by atoms with Crippen LogP contribution in [0.4, 0.5) is 0 Å². The quantitative estimate of drug-likeness (QED) is 0.0253. The van der Waals surface area contributed by atoms with Gasteiger partial charge in [-0.25, -0.2) is 4.79 Å². The van der Waals surface area contributed by atoms with Crippen LogP contribution in [0.2, 0.25) is 0 Å². The maximum atomic E-state index is 14.5. The first-order valence-electron chi connectivity index (χ1n) is 28.3. The Labute approximate surface area is 520 Å². The summed E-state index contributed by atoms with van der Waals surface area (Å²) in [6.45, 7) is 8.27. The Morgan fingerprint density at radius 3 is 1.31 bits per heavy atom. The molecule has 37 nitrogen and oxygen atoms in total. The van der Waals surface area contributed by atoms with Crippen molar-refractivity contribution in [3.8, 4) is 0 Å². The van der Waals surface area contributed by atoms with Gasteiger partial charge in [-0.1, -0.05) is 48.0 Å². The smallest absolute Gasteiger partial charge is 0.326 e. The van der Waals surface area contributed by atoms with Crippen molar-refractivity contribution >= 4 is 119 Å². The third-order valence-electron chi connectivity index (χ3n) is 13.8. The molecule has 1 saturated heterocycles. The zero-order valence-electron chi connectivity index (χ0n) is 50.3. The fourth-order valence-electron chi connectivity index (χ4n) is 8.72. The van der Waals surface area contributed by atoms with Gasteiger partial charge in [-0.15, -0.1) is 0 Å². The van der Waals surface area contributed by atoms with Gasteiger partial charge in [0.15, 0.2) is 0 Å². The summed E-state index contributed by atoms with van der Waals surface area (Å²) in [4.78, 5) is 233. The Kier molecular flexibility index (Phi) is 33.5. The number of thiol groups is 1. The van der Waals surface area contributed by atoms with Crippen LogP contribution in [0.25, 0.3) is 0 Å². The number of rotatable bonds is 41. The molecule has 1 heterocycles. The molecule has 90 heavy (non-hydrogen) atoms. The van der Waals surface area contributed by atoms with E-state index in [1.165, 1.54) is 34.6 Å². The summed E-state index contributed by atoms with van der Waals surface area (Å²) in [6.07, 6.45) is -5.87. The van der Waals surface area contributed by atoms with E-state index in [4.69, 9.17) is 33.1 Å². The van der Waals surface area contributed by atoms with E-state index in [0.717, 1.165) is 4.90 Å². The lowest BCUT2D eigenvalue weighted by molar-refractivity contribution is -0.147. The van der Waals surface area contributed by atoms with E-state index in [1.807, 2.05) is 5.32 Å². The average Bonchev–Trinajstić information content (AvgIpc) is 1.65. The third kappa shape index (κ3) is 27.0. The number of amides is 14. The van der Waals surface area contributed by atoms with Crippen LogP contribution in [0.5, 0.6) is 0 Å². The molecule has 14 amide bonds. The Balaban J connectivity index is 3.47. The first-order chi connectivity index (χ1) is 41.9. The van der Waals surface area contributed by atoms with Crippen molar-refractivity contribution in [2.75, 3.05) is 18.8 Å². The van der Waals surface area contributed by atoms with Gasteiger partial charge in [0.1, 0.15) is 66.5 Å². The number of aliphatic carboxylic acids is 4. The van der Waals surface area contributed by atoms with Gasteiger partial charge >= 0.3 is 23.9 Å². The molecule has 1 fully saturated rings. The second kappa shape index (κ2) is 38.2. The Bertz CT molecular complexity index is 2700. The molecule has 0 aliphatic carbocycles. The van der Waals surface area contributed by atoms with Gasteiger partial charge in [0.25, 0.3) is 0 Å². The summed E-state index contributed by atoms with van der Waals surface area (Å²) in [5, 5.41) is 60.1. The number of hydrogen-bond donors (Lipinski definition) is 19. The first-order valence-corrected chi connectivity index (χ1v) is 28.9. The van der Waals surface area contributed by atoms with Crippen LogP contribution in [-0.4, -0.2) is 217 Å². The molecule has 0 radical (unpaired) electrons. The van der Waals surface area contributed by atoms with Gasteiger partial charge < -0.3 is 101 Å². The number of carbonyl (C=O) groups is 18. The average molecular weight is 1300 g/mol. The van der Waals surface area contributed by atoms with Crippen LogP contribution in [0.15, 0.2) is 0 Å². The van der Waals surface area contributed by atoms with Gasteiger partial charge in [-0.2, -0.15) is 12.6 Å². The van der Waals surface area contributed by atoms with Crippen molar-refractivity contribution in [1.29, 1.82) is 0 Å². The van der Waals surface area contributed by atoms with Crippen LogP contribution in [0.3, 0.4) is 0 Å². The molecule has 0 aromatic heterocycles. The molecule has 0 unspecified atom stereocenters. The number of nitrogens with two attached hydrogens (primary N) is 4. The van der Waals surface area contributed by atoms with Crippen molar-refractivity contribution in [1.82, 2.24) is 58.1 Å². The highest BCUT2D eigenvalue weighted by Crippen LogP contribution is 2.22. The predicted octanol–water partition coefficient (Wildman–Crippen LogP) is -8.01. The van der Waals surface area contributed by atoms with E-state index in [1.54, 1.807) is 6.92 Å². The molecule has 0 aromatic rings. The van der Waals surface area contributed by atoms with Crippen LogP contribution in [0, 0.1) is 17.8 Å². The maximum Gasteiger partial charge on any atom is 0.326 e. The first kappa shape index (κ1) is 78.8. The van der Waals surface area contributed by atoms with E-state index in [2.05, 4.69) is 60.5 Å². The predicted molar refractivity (Wildman–Crippen MR) is 311 cm³/mol. The molecule has 0 saturated carbocycles. The Morgan fingerprint density at radius 1 is 0.467 bits per heavy atom. The molecular formula is C52H83N15O22S. The molecule has 1 aliphatic rings. The SMILES string of the molecule is CC[C@H](C)[C@H](NC(=O)[C@H](CC(N)=O)NC(=O)[C@H](CS)NC(=O)[C@H](CCC(N)=O)NC(=O)[C@H](CCC(=O)O)NC(=O)CN)C(=O)N[C@H](C(=O)N1CCC[C@H]1C(=O)N[C@@H](CC(=O)O)C(=O)N[C@@H](CC(N)=O)C(=O)N[C@H](C(=O)N[C@@H](CC(=O)O)C(=O)O)C(C)C)C(C)C. The van der Waals surface area contributed by atoms with Crippen molar-refractivity contribution in [2.45, 2.75) is 179 Å². The van der Waals surface area contributed by atoms with Crippen LogP contribution >= 0.6 is 12.6 Å². The molecule has 22 N–H and O–H groups in total. The molecule has 1 rings (SSSR count). The van der Waals surface area contributed by atoms with Gasteiger partial charge in [0.2, 0.25) is 82.7 Å². The molecule has 0 spiro atoms. The summed E-state index contributed by atoms with van der Waals surface area (Å²) >= 11 is 4.11. The molecule has 1 aliphatic heterocycles. The normalized spacial score (nSPS) is 16.4. The van der Waals surface area contributed by atoms with E-state index >= 15 is 0 Å². The zero-order valence-corrected chi connectivity index (χ0v) is 51.2. The lowest BCUT2D eigenvalue weighted by atomic mass is 9.95. The highest BCUT2D eigenvalue weighted by atomic mass is 32.1. The summed E-state index contributed by atoms with van der Waals surface area (Å²) in [7, 11) is 0. The second-order valence-corrected chi connectivity index (χ2v) is 22.1.